The van der Waals surface area contributed by atoms with Crippen molar-refractivity contribution in [3.63, 3.8) is 0 Å². The van der Waals surface area contributed by atoms with Crippen molar-refractivity contribution in [1.29, 1.82) is 5.26 Å². The van der Waals surface area contributed by atoms with E-state index in [9.17, 15) is 5.26 Å². The van der Waals surface area contributed by atoms with Crippen LogP contribution in [0.25, 0.3) is 44.3 Å². The Kier molecular flexibility index (Phi) is 9.40. The predicted molar refractivity (Wildman–Crippen MR) is 177 cm³/mol. The van der Waals surface area contributed by atoms with E-state index >= 15 is 0 Å². The SMILES string of the molecule is CC(C)(c1[c-]cccc1)c1ccccn1.Cc1ccccc1-c1cc(-c2[c-]ccc3c2oc2cc(C#N)ccc23)ncc1C.[Ir]. The van der Waals surface area contributed by atoms with E-state index < -0.39 is 0 Å². The van der Waals surface area contributed by atoms with Gasteiger partial charge in [0.05, 0.1) is 17.2 Å². The minimum Gasteiger partial charge on any atom is -0.501 e. The van der Waals surface area contributed by atoms with E-state index in [4.69, 9.17) is 4.42 Å². The number of pyridine rings is 2. The van der Waals surface area contributed by atoms with Gasteiger partial charge in [-0.15, -0.1) is 18.2 Å². The standard InChI is InChI=1S/C26H17N2O.C14H14N.Ir/c1-16-6-3-4-7-19(16)23-13-24(28-15-17(23)2)22-9-5-8-21-20-11-10-18(14-27)12-25(20)29-26(21)22;1-14(2,12-8-4-3-5-9-12)13-10-6-7-11-15-13;/h3-8,10-13,15H,1-2H3;3-8,10-11H,1-2H3;/q2*-1;. The van der Waals surface area contributed by atoms with Crippen molar-refractivity contribution in [3.05, 3.63) is 156 Å². The average molecular weight is 762 g/mol. The quantitative estimate of drug-likeness (QED) is 0.168. The van der Waals surface area contributed by atoms with E-state index in [0.29, 0.717) is 11.1 Å². The number of fused-ring (bicyclic) bond motifs is 3. The third kappa shape index (κ3) is 6.35. The molecule has 3 heterocycles. The molecule has 4 nitrogen and oxygen atoms in total. The van der Waals surface area contributed by atoms with Crippen LogP contribution in [0.15, 0.2) is 120 Å². The molecule has 0 spiro atoms. The molecule has 0 unspecified atom stereocenters. The number of hydrogen-bond acceptors (Lipinski definition) is 4. The number of hydrogen-bond donors (Lipinski definition) is 0. The Bertz CT molecular complexity index is 2090. The molecule has 0 saturated heterocycles. The van der Waals surface area contributed by atoms with E-state index in [0.717, 1.165) is 44.4 Å². The van der Waals surface area contributed by atoms with Crippen LogP contribution in [0.4, 0.5) is 0 Å². The number of furan rings is 1. The monoisotopic (exact) mass is 762 g/mol. The first-order chi connectivity index (χ1) is 21.4. The fourth-order valence-corrected chi connectivity index (χ4v) is 5.48. The molecule has 5 heteroatoms. The van der Waals surface area contributed by atoms with E-state index in [-0.39, 0.29) is 25.5 Å². The Morgan fingerprint density at radius 2 is 1.56 bits per heavy atom. The maximum absolute atomic E-state index is 9.18. The first-order valence-electron chi connectivity index (χ1n) is 14.6. The zero-order chi connectivity index (χ0) is 30.7. The van der Waals surface area contributed by atoms with Gasteiger partial charge in [-0.05, 0) is 66.1 Å². The molecule has 0 N–H and O–H groups in total. The van der Waals surface area contributed by atoms with Crippen LogP contribution in [0.3, 0.4) is 0 Å². The van der Waals surface area contributed by atoms with Crippen LogP contribution < -0.4 is 0 Å². The molecule has 0 bridgehead atoms. The van der Waals surface area contributed by atoms with E-state index in [1.807, 2.05) is 67.0 Å². The van der Waals surface area contributed by atoms with Crippen LogP contribution in [-0.2, 0) is 25.5 Å². The van der Waals surface area contributed by atoms with Crippen LogP contribution in [0, 0.1) is 37.3 Å². The van der Waals surface area contributed by atoms with Gasteiger partial charge in [-0.1, -0.05) is 67.3 Å². The molecule has 45 heavy (non-hydrogen) atoms. The topological polar surface area (TPSA) is 62.7 Å². The van der Waals surface area contributed by atoms with Gasteiger partial charge in [-0.3, -0.25) is 4.98 Å². The maximum atomic E-state index is 9.18. The third-order valence-electron chi connectivity index (χ3n) is 8.04. The molecule has 0 aliphatic heterocycles. The van der Waals surface area contributed by atoms with Gasteiger partial charge in [-0.2, -0.15) is 41.2 Å². The number of aromatic nitrogens is 2. The zero-order valence-electron chi connectivity index (χ0n) is 25.6. The normalized spacial score (nSPS) is 10.9. The molecule has 7 aromatic rings. The molecule has 0 aliphatic rings. The van der Waals surface area contributed by atoms with Crippen LogP contribution in [0.5, 0.6) is 0 Å². The van der Waals surface area contributed by atoms with Gasteiger partial charge in [0.25, 0.3) is 0 Å². The molecular weight excluding hydrogens is 731 g/mol. The zero-order valence-corrected chi connectivity index (χ0v) is 27.9. The minimum absolute atomic E-state index is 0. The summed E-state index contributed by atoms with van der Waals surface area (Å²) in [6.45, 7) is 8.53. The second-order valence-corrected chi connectivity index (χ2v) is 11.3. The molecule has 3 aromatic heterocycles. The Balaban J connectivity index is 0.000000212. The van der Waals surface area contributed by atoms with E-state index in [2.05, 4.69) is 98.3 Å². The van der Waals surface area contributed by atoms with Crippen molar-refractivity contribution in [3.8, 4) is 28.5 Å². The maximum Gasteiger partial charge on any atom is 0.122 e. The summed E-state index contributed by atoms with van der Waals surface area (Å²) in [4.78, 5) is 9.08. The summed E-state index contributed by atoms with van der Waals surface area (Å²) in [5.74, 6) is 0. The fraction of sp³-hybridized carbons (Fsp3) is 0.125. The molecule has 1 radical (unpaired) electrons. The first kappa shape index (κ1) is 31.5. The van der Waals surface area contributed by atoms with Gasteiger partial charge < -0.3 is 9.40 Å². The smallest absolute Gasteiger partial charge is 0.122 e. The van der Waals surface area contributed by atoms with E-state index in [1.54, 1.807) is 6.07 Å². The Morgan fingerprint density at radius 3 is 2.29 bits per heavy atom. The average Bonchev–Trinajstić information content (AvgIpc) is 3.45. The van der Waals surface area contributed by atoms with Crippen LogP contribution >= 0.6 is 0 Å². The second-order valence-electron chi connectivity index (χ2n) is 11.3. The van der Waals surface area contributed by atoms with Crippen LogP contribution in [0.1, 0.15) is 41.8 Å². The summed E-state index contributed by atoms with van der Waals surface area (Å²) in [5.41, 5.74) is 10.5. The summed E-state index contributed by atoms with van der Waals surface area (Å²) in [6, 6.07) is 42.7. The van der Waals surface area contributed by atoms with Crippen molar-refractivity contribution < 1.29 is 24.5 Å². The molecule has 0 fully saturated rings. The van der Waals surface area contributed by atoms with Crippen molar-refractivity contribution in [1.82, 2.24) is 9.97 Å². The van der Waals surface area contributed by atoms with E-state index in [1.165, 1.54) is 16.7 Å². The largest absolute Gasteiger partial charge is 0.501 e. The predicted octanol–water partition coefficient (Wildman–Crippen LogP) is 9.81. The van der Waals surface area contributed by atoms with Crippen LogP contribution in [-0.4, -0.2) is 9.97 Å². The summed E-state index contributed by atoms with van der Waals surface area (Å²) >= 11 is 0. The molecular formula is C40H31IrN3O-2. The molecule has 223 valence electrons. The second kappa shape index (κ2) is 13.4. The molecule has 4 aromatic carbocycles. The van der Waals surface area contributed by atoms with Gasteiger partial charge in [-0.25, -0.2) is 0 Å². The Labute approximate surface area is 277 Å². The first-order valence-corrected chi connectivity index (χ1v) is 14.6. The molecule has 7 rings (SSSR count). The molecule has 0 saturated carbocycles. The number of benzene rings is 4. The minimum atomic E-state index is -0.0808. The van der Waals surface area contributed by atoms with Crippen LogP contribution in [0.2, 0.25) is 0 Å². The van der Waals surface area contributed by atoms with Crippen molar-refractivity contribution in [2.24, 2.45) is 0 Å². The number of nitrogens with zero attached hydrogens (tertiary/aromatic N) is 3. The third-order valence-corrected chi connectivity index (χ3v) is 8.04. The molecule has 0 atom stereocenters. The summed E-state index contributed by atoms with van der Waals surface area (Å²) in [7, 11) is 0. The van der Waals surface area contributed by atoms with Gasteiger partial charge >= 0.3 is 0 Å². The summed E-state index contributed by atoms with van der Waals surface area (Å²) in [6.07, 6.45) is 3.74. The Hall–Kier alpha value is -4.88. The van der Waals surface area contributed by atoms with Crippen molar-refractivity contribution in [2.75, 3.05) is 0 Å². The molecule has 0 aliphatic carbocycles. The number of rotatable bonds is 4. The summed E-state index contributed by atoms with van der Waals surface area (Å²) < 4.78 is 6.16. The number of aryl methyl sites for hydroxylation is 2. The van der Waals surface area contributed by atoms with Gasteiger partial charge in [0.1, 0.15) is 5.58 Å². The van der Waals surface area contributed by atoms with Gasteiger partial charge in [0, 0.05) is 49.0 Å². The molecule has 0 amide bonds. The van der Waals surface area contributed by atoms with Gasteiger partial charge in [0.2, 0.25) is 0 Å². The Morgan fingerprint density at radius 1 is 0.756 bits per heavy atom. The van der Waals surface area contributed by atoms with Crippen molar-refractivity contribution in [2.45, 2.75) is 33.1 Å². The number of nitriles is 1. The van der Waals surface area contributed by atoms with Gasteiger partial charge in [0.15, 0.2) is 0 Å². The summed E-state index contributed by atoms with van der Waals surface area (Å²) in [5, 5.41) is 11.2. The van der Waals surface area contributed by atoms with Crippen molar-refractivity contribution >= 4 is 21.9 Å². The fourth-order valence-electron chi connectivity index (χ4n) is 5.48.